The number of nitrogens with zero attached hydrogens (tertiary/aromatic N) is 2. The Labute approximate surface area is 202 Å². The Morgan fingerprint density at radius 1 is 1.12 bits per heavy atom. The van der Waals surface area contributed by atoms with E-state index in [1.165, 1.54) is 0 Å². The number of aryl methyl sites for hydroxylation is 1. The summed E-state index contributed by atoms with van der Waals surface area (Å²) < 4.78 is 16.9. The average molecular weight is 478 g/mol. The second kappa shape index (κ2) is 11.6. The normalized spacial score (nSPS) is 18.5. The number of amides is 2. The molecule has 2 heterocycles. The summed E-state index contributed by atoms with van der Waals surface area (Å²) in [7, 11) is 0. The van der Waals surface area contributed by atoms with Crippen molar-refractivity contribution in [1.82, 2.24) is 9.88 Å². The highest BCUT2D eigenvalue weighted by Crippen LogP contribution is 2.26. The third-order valence-corrected chi connectivity index (χ3v) is 4.95. The molecule has 1 aliphatic rings. The summed E-state index contributed by atoms with van der Waals surface area (Å²) in [5, 5.41) is 2.70. The fraction of sp³-hybridized carbons (Fsp3) is 0.680. The predicted molar refractivity (Wildman–Crippen MR) is 129 cm³/mol. The molecule has 190 valence electrons. The van der Waals surface area contributed by atoms with Gasteiger partial charge < -0.3 is 23.9 Å². The second-order valence-electron chi connectivity index (χ2n) is 10.7. The number of carbonyl (C=O) groups excluding carboxylic acids is 3. The van der Waals surface area contributed by atoms with Gasteiger partial charge in [0.15, 0.2) is 0 Å². The van der Waals surface area contributed by atoms with Gasteiger partial charge in [0.1, 0.15) is 23.3 Å². The standard InChI is InChI=1S/C25H39N3O6/c1-17-12-19(26-21(13-17)27-22(30)33-24(2,3)4)14-18-15-28(23(31)34-25(5,6)7)16-20(18)32-11-9-8-10-29/h10,12-13,18,20H,8-9,11,14-16H2,1-7H3,(H,26,27,30)/t18-,20+/m1/s1. The zero-order chi connectivity index (χ0) is 25.5. The SMILES string of the molecule is Cc1cc(C[C@@H]2CN(C(=O)OC(C)(C)C)C[C@@H]2OCCCC=O)nc(NC(=O)OC(C)(C)C)c1. The largest absolute Gasteiger partial charge is 0.444 e. The maximum Gasteiger partial charge on any atom is 0.413 e. The molecule has 0 radical (unpaired) electrons. The molecule has 1 fully saturated rings. The molecule has 2 atom stereocenters. The van der Waals surface area contributed by atoms with Crippen LogP contribution in [0.4, 0.5) is 15.4 Å². The van der Waals surface area contributed by atoms with Crippen molar-refractivity contribution >= 4 is 24.3 Å². The van der Waals surface area contributed by atoms with E-state index in [2.05, 4.69) is 10.3 Å². The number of likely N-dealkylation sites (tertiary alicyclic amines) is 1. The summed E-state index contributed by atoms with van der Waals surface area (Å²) in [5.74, 6) is 0.405. The van der Waals surface area contributed by atoms with Crippen molar-refractivity contribution in [3.05, 3.63) is 23.4 Å². The molecule has 1 aromatic heterocycles. The Morgan fingerprint density at radius 3 is 2.41 bits per heavy atom. The van der Waals surface area contributed by atoms with Crippen LogP contribution in [0.2, 0.25) is 0 Å². The van der Waals surface area contributed by atoms with Crippen LogP contribution in [0.5, 0.6) is 0 Å². The number of unbranched alkanes of at least 4 members (excludes halogenated alkanes) is 1. The number of pyridine rings is 1. The minimum atomic E-state index is -0.611. The molecule has 0 bridgehead atoms. The Kier molecular flexibility index (Phi) is 9.44. The molecule has 34 heavy (non-hydrogen) atoms. The van der Waals surface area contributed by atoms with Crippen LogP contribution in [0.15, 0.2) is 12.1 Å². The third-order valence-electron chi connectivity index (χ3n) is 4.95. The van der Waals surface area contributed by atoms with Crippen LogP contribution >= 0.6 is 0 Å². The predicted octanol–water partition coefficient (Wildman–Crippen LogP) is 4.51. The number of anilines is 1. The summed E-state index contributed by atoms with van der Waals surface area (Å²) in [6.07, 6.45) is 1.35. The van der Waals surface area contributed by atoms with E-state index in [1.807, 2.05) is 33.8 Å². The van der Waals surface area contributed by atoms with Gasteiger partial charge in [-0.3, -0.25) is 5.32 Å². The monoisotopic (exact) mass is 477 g/mol. The van der Waals surface area contributed by atoms with Crippen molar-refractivity contribution in [2.75, 3.05) is 25.0 Å². The number of hydrogen-bond donors (Lipinski definition) is 1. The first-order valence-corrected chi connectivity index (χ1v) is 11.8. The molecule has 9 nitrogen and oxygen atoms in total. The average Bonchev–Trinajstić information content (AvgIpc) is 3.04. The first-order chi connectivity index (χ1) is 15.8. The number of rotatable bonds is 8. The number of aromatic nitrogens is 1. The van der Waals surface area contributed by atoms with Crippen LogP contribution in [-0.2, 0) is 25.4 Å². The van der Waals surface area contributed by atoms with Crippen molar-refractivity contribution in [3.63, 3.8) is 0 Å². The number of hydrogen-bond acceptors (Lipinski definition) is 7. The molecule has 1 aromatic rings. The minimum Gasteiger partial charge on any atom is -0.444 e. The van der Waals surface area contributed by atoms with E-state index in [9.17, 15) is 14.4 Å². The van der Waals surface area contributed by atoms with E-state index in [0.29, 0.717) is 44.8 Å². The Hall–Kier alpha value is -2.68. The molecular weight excluding hydrogens is 438 g/mol. The van der Waals surface area contributed by atoms with E-state index < -0.39 is 17.3 Å². The van der Waals surface area contributed by atoms with Crippen LogP contribution in [0, 0.1) is 12.8 Å². The summed E-state index contributed by atoms with van der Waals surface area (Å²) in [4.78, 5) is 41.7. The van der Waals surface area contributed by atoms with Gasteiger partial charge in [-0.2, -0.15) is 0 Å². The lowest BCUT2D eigenvalue weighted by Gasteiger charge is -2.24. The minimum absolute atomic E-state index is 0.00701. The quantitative estimate of drug-likeness (QED) is 0.433. The van der Waals surface area contributed by atoms with Crippen molar-refractivity contribution in [2.45, 2.75) is 85.0 Å². The van der Waals surface area contributed by atoms with Crippen LogP contribution < -0.4 is 5.32 Å². The lowest BCUT2D eigenvalue weighted by atomic mass is 9.98. The number of carbonyl (C=O) groups is 3. The van der Waals surface area contributed by atoms with Crippen molar-refractivity contribution in [3.8, 4) is 0 Å². The van der Waals surface area contributed by atoms with E-state index in [1.54, 1.807) is 31.7 Å². The molecule has 9 heteroatoms. The van der Waals surface area contributed by atoms with Gasteiger partial charge in [-0.1, -0.05) is 0 Å². The maximum atomic E-state index is 12.6. The summed E-state index contributed by atoms with van der Waals surface area (Å²) in [6, 6.07) is 3.74. The van der Waals surface area contributed by atoms with Gasteiger partial charge in [-0.05, 0) is 79.0 Å². The molecule has 2 rings (SSSR count). The first kappa shape index (κ1) is 27.6. The molecule has 2 amide bonds. The van der Waals surface area contributed by atoms with Gasteiger partial charge in [-0.15, -0.1) is 0 Å². The highest BCUT2D eigenvalue weighted by Gasteiger charge is 2.38. The van der Waals surface area contributed by atoms with Crippen molar-refractivity contribution in [1.29, 1.82) is 0 Å². The van der Waals surface area contributed by atoms with Crippen LogP contribution in [0.3, 0.4) is 0 Å². The maximum absolute atomic E-state index is 12.6. The molecule has 1 aliphatic heterocycles. The van der Waals surface area contributed by atoms with Gasteiger partial charge in [0, 0.05) is 31.2 Å². The summed E-state index contributed by atoms with van der Waals surface area (Å²) in [5.41, 5.74) is 0.528. The summed E-state index contributed by atoms with van der Waals surface area (Å²) in [6.45, 7) is 14.2. The van der Waals surface area contributed by atoms with Gasteiger partial charge >= 0.3 is 12.2 Å². The zero-order valence-electron chi connectivity index (χ0n) is 21.5. The first-order valence-electron chi connectivity index (χ1n) is 11.8. The molecule has 0 aromatic carbocycles. The van der Waals surface area contributed by atoms with E-state index >= 15 is 0 Å². The third kappa shape index (κ3) is 9.67. The number of aldehydes is 1. The molecule has 0 unspecified atom stereocenters. The zero-order valence-corrected chi connectivity index (χ0v) is 21.5. The van der Waals surface area contributed by atoms with Crippen LogP contribution in [0.1, 0.15) is 65.6 Å². The van der Waals surface area contributed by atoms with Crippen LogP contribution in [0.25, 0.3) is 0 Å². The van der Waals surface area contributed by atoms with E-state index in [0.717, 1.165) is 17.5 Å². The molecular formula is C25H39N3O6. The van der Waals surface area contributed by atoms with Gasteiger partial charge in [0.25, 0.3) is 0 Å². The van der Waals surface area contributed by atoms with Crippen molar-refractivity contribution in [2.24, 2.45) is 5.92 Å². The van der Waals surface area contributed by atoms with Gasteiger partial charge in [-0.25, -0.2) is 14.6 Å². The smallest absolute Gasteiger partial charge is 0.413 e. The Balaban J connectivity index is 2.13. The topological polar surface area (TPSA) is 107 Å². The highest BCUT2D eigenvalue weighted by atomic mass is 16.6. The van der Waals surface area contributed by atoms with Gasteiger partial charge in [0.05, 0.1) is 12.6 Å². The fourth-order valence-electron chi connectivity index (χ4n) is 3.69. The lowest BCUT2D eigenvalue weighted by Crippen LogP contribution is -2.36. The summed E-state index contributed by atoms with van der Waals surface area (Å²) >= 11 is 0. The lowest BCUT2D eigenvalue weighted by molar-refractivity contribution is -0.108. The van der Waals surface area contributed by atoms with E-state index in [4.69, 9.17) is 14.2 Å². The molecule has 0 aliphatic carbocycles. The molecule has 1 saturated heterocycles. The number of nitrogens with one attached hydrogen (secondary N) is 1. The second-order valence-corrected chi connectivity index (χ2v) is 10.7. The van der Waals surface area contributed by atoms with E-state index in [-0.39, 0.29) is 18.1 Å². The Bertz CT molecular complexity index is 859. The number of ether oxygens (including phenoxy) is 3. The van der Waals surface area contributed by atoms with Crippen LogP contribution in [-0.4, -0.2) is 65.4 Å². The Morgan fingerprint density at radius 2 is 1.79 bits per heavy atom. The molecule has 0 saturated carbocycles. The molecule has 0 spiro atoms. The molecule has 1 N–H and O–H groups in total. The van der Waals surface area contributed by atoms with Crippen molar-refractivity contribution < 1.29 is 28.6 Å². The fourth-order valence-corrected chi connectivity index (χ4v) is 3.69. The highest BCUT2D eigenvalue weighted by molar-refractivity contribution is 5.83. The van der Waals surface area contributed by atoms with Gasteiger partial charge in [0.2, 0.25) is 0 Å².